The summed E-state index contributed by atoms with van der Waals surface area (Å²) in [6, 6.07) is 15.4. The second-order valence-corrected chi connectivity index (χ2v) is 15.2. The van der Waals surface area contributed by atoms with E-state index in [9.17, 15) is 4.79 Å². The number of rotatable bonds is 4. The van der Waals surface area contributed by atoms with E-state index in [4.69, 9.17) is 4.43 Å². The van der Waals surface area contributed by atoms with Gasteiger partial charge >= 0.3 is 0 Å². The van der Waals surface area contributed by atoms with Crippen LogP contribution in [0.3, 0.4) is 0 Å². The van der Waals surface area contributed by atoms with Crippen LogP contribution in [-0.4, -0.2) is 24.8 Å². The minimum Gasteiger partial charge on any atom is -0.401 e. The molecule has 3 aromatic rings. The average Bonchev–Trinajstić information content (AvgIpc) is 2.71. The molecule has 1 amide bonds. The highest BCUT2D eigenvalue weighted by molar-refractivity contribution is 6.74. The molecule has 0 radical (unpaired) electrons. The van der Waals surface area contributed by atoms with Crippen molar-refractivity contribution < 1.29 is 9.22 Å². The first-order chi connectivity index (χ1) is 15.3. The zero-order valence-corrected chi connectivity index (χ0v) is 22.0. The maximum Gasteiger partial charge on any atom is 0.257 e. The lowest BCUT2D eigenvalue weighted by Gasteiger charge is -2.40. The third-order valence-electron chi connectivity index (χ3n) is 6.20. The Morgan fingerprint density at radius 1 is 1.00 bits per heavy atom. The van der Waals surface area contributed by atoms with E-state index in [-0.39, 0.29) is 10.9 Å². The summed E-state index contributed by atoms with van der Waals surface area (Å²) in [6.45, 7) is 17.0. The SMILES string of the molecule is Cc1cccc(C#CC(C)(C)O[Si](C)(C)C(C)(C)C)c1C(=O)Nc1cccc2cccnc12. The van der Waals surface area contributed by atoms with Crippen molar-refractivity contribution in [1.29, 1.82) is 0 Å². The number of aromatic nitrogens is 1. The van der Waals surface area contributed by atoms with Crippen LogP contribution in [0.1, 0.15) is 56.1 Å². The van der Waals surface area contributed by atoms with Crippen molar-refractivity contribution in [2.75, 3.05) is 5.32 Å². The maximum atomic E-state index is 13.4. The summed E-state index contributed by atoms with van der Waals surface area (Å²) in [4.78, 5) is 17.8. The van der Waals surface area contributed by atoms with Gasteiger partial charge < -0.3 is 9.74 Å². The topological polar surface area (TPSA) is 51.2 Å². The van der Waals surface area contributed by atoms with Gasteiger partial charge in [-0.25, -0.2) is 0 Å². The summed E-state index contributed by atoms with van der Waals surface area (Å²) in [6.07, 6.45) is 1.73. The highest BCUT2D eigenvalue weighted by Gasteiger charge is 2.41. The van der Waals surface area contributed by atoms with Crippen molar-refractivity contribution in [3.8, 4) is 11.8 Å². The molecule has 1 heterocycles. The number of hydrogen-bond donors (Lipinski definition) is 1. The molecule has 4 nitrogen and oxygen atoms in total. The molecule has 1 aromatic heterocycles. The fraction of sp³-hybridized carbons (Fsp3) is 0.357. The van der Waals surface area contributed by atoms with Crippen LogP contribution in [0.5, 0.6) is 0 Å². The van der Waals surface area contributed by atoms with E-state index in [1.807, 2.05) is 69.3 Å². The van der Waals surface area contributed by atoms with Gasteiger partial charge in [0.2, 0.25) is 0 Å². The van der Waals surface area contributed by atoms with Gasteiger partial charge in [-0.1, -0.05) is 62.9 Å². The number of pyridine rings is 1. The van der Waals surface area contributed by atoms with Gasteiger partial charge in [0.25, 0.3) is 5.91 Å². The van der Waals surface area contributed by atoms with Crippen LogP contribution >= 0.6 is 0 Å². The van der Waals surface area contributed by atoms with Gasteiger partial charge in [0, 0.05) is 17.1 Å². The molecular weight excluding hydrogens is 424 g/mol. The van der Waals surface area contributed by atoms with Gasteiger partial charge in [-0.15, -0.1) is 0 Å². The largest absolute Gasteiger partial charge is 0.401 e. The van der Waals surface area contributed by atoms with Crippen molar-refractivity contribution in [1.82, 2.24) is 4.98 Å². The summed E-state index contributed by atoms with van der Waals surface area (Å²) in [5, 5.41) is 4.11. The number of nitrogens with zero attached hydrogens (tertiary/aromatic N) is 1. The molecule has 33 heavy (non-hydrogen) atoms. The van der Waals surface area contributed by atoms with E-state index < -0.39 is 13.9 Å². The highest BCUT2D eigenvalue weighted by atomic mass is 28.4. The van der Waals surface area contributed by atoms with E-state index in [0.29, 0.717) is 16.8 Å². The Bertz CT molecular complexity index is 1240. The average molecular weight is 459 g/mol. The summed E-state index contributed by atoms with van der Waals surface area (Å²) in [7, 11) is -1.99. The number of benzene rings is 2. The van der Waals surface area contributed by atoms with Crippen molar-refractivity contribution in [3.05, 3.63) is 71.4 Å². The summed E-state index contributed by atoms with van der Waals surface area (Å²) in [5.74, 6) is 6.34. The number of hydrogen-bond acceptors (Lipinski definition) is 3. The monoisotopic (exact) mass is 458 g/mol. The van der Waals surface area contributed by atoms with Crippen molar-refractivity contribution in [2.45, 2.75) is 65.3 Å². The van der Waals surface area contributed by atoms with Crippen LogP contribution in [0.25, 0.3) is 10.9 Å². The number of nitrogens with one attached hydrogen (secondary N) is 1. The molecule has 0 saturated carbocycles. The molecule has 3 rings (SSSR count). The summed E-state index contributed by atoms with van der Waals surface area (Å²) >= 11 is 0. The smallest absolute Gasteiger partial charge is 0.257 e. The van der Waals surface area contributed by atoms with Gasteiger partial charge in [0.05, 0.1) is 16.8 Å². The second-order valence-electron chi connectivity index (χ2n) is 10.5. The Morgan fingerprint density at radius 2 is 1.67 bits per heavy atom. The van der Waals surface area contributed by atoms with Gasteiger partial charge in [-0.05, 0) is 62.7 Å². The molecule has 172 valence electrons. The molecular formula is C28H34N2O2Si. The predicted octanol–water partition coefficient (Wildman–Crippen LogP) is 6.95. The second kappa shape index (κ2) is 9.13. The standard InChI is InChI=1S/C28H34N2O2Si/c1-20-12-9-13-21(17-18-28(5,6)32-33(7,8)27(2,3)4)24(20)26(31)30-23-16-10-14-22-15-11-19-29-25(22)23/h9-16,19H,1-8H3,(H,30,31). The van der Waals surface area contributed by atoms with Crippen LogP contribution in [0.2, 0.25) is 18.1 Å². The molecule has 0 bridgehead atoms. The van der Waals surface area contributed by atoms with E-state index in [2.05, 4.69) is 56.0 Å². The van der Waals surface area contributed by atoms with E-state index >= 15 is 0 Å². The number of carbonyl (C=O) groups excluding carboxylic acids is 1. The molecule has 0 atom stereocenters. The van der Waals surface area contributed by atoms with Crippen molar-refractivity contribution in [3.63, 3.8) is 0 Å². The number of para-hydroxylation sites is 1. The Morgan fingerprint density at radius 3 is 2.36 bits per heavy atom. The molecule has 0 aliphatic heterocycles. The van der Waals surface area contributed by atoms with E-state index in [1.54, 1.807) is 6.20 Å². The summed E-state index contributed by atoms with van der Waals surface area (Å²) in [5.41, 5.74) is 2.95. The fourth-order valence-electron chi connectivity index (χ4n) is 3.50. The van der Waals surface area contributed by atoms with Crippen LogP contribution in [0, 0.1) is 18.8 Å². The third kappa shape index (κ3) is 5.71. The first-order valence-electron chi connectivity index (χ1n) is 11.3. The highest BCUT2D eigenvalue weighted by Crippen LogP contribution is 2.39. The predicted molar refractivity (Wildman–Crippen MR) is 140 cm³/mol. The van der Waals surface area contributed by atoms with Gasteiger partial charge in [-0.3, -0.25) is 9.78 Å². The third-order valence-corrected chi connectivity index (χ3v) is 10.8. The Labute approximate surface area is 198 Å². The Balaban J connectivity index is 1.93. The minimum absolute atomic E-state index is 0.0901. The van der Waals surface area contributed by atoms with Crippen LogP contribution in [0.4, 0.5) is 5.69 Å². The normalized spacial score (nSPS) is 12.2. The van der Waals surface area contributed by atoms with E-state index in [0.717, 1.165) is 16.5 Å². The first kappa shape index (κ1) is 24.7. The zero-order chi connectivity index (χ0) is 24.4. The molecule has 0 saturated heterocycles. The number of fused-ring (bicyclic) bond motifs is 1. The van der Waals surface area contributed by atoms with Gasteiger partial charge in [0.1, 0.15) is 5.60 Å². The molecule has 5 heteroatoms. The molecule has 0 unspecified atom stereocenters. The van der Waals surface area contributed by atoms with E-state index in [1.165, 1.54) is 0 Å². The molecule has 0 aliphatic rings. The fourth-order valence-corrected chi connectivity index (χ4v) is 5.13. The van der Waals surface area contributed by atoms with Crippen LogP contribution in [-0.2, 0) is 4.43 Å². The van der Waals surface area contributed by atoms with Gasteiger partial charge in [0.15, 0.2) is 8.32 Å². The quantitative estimate of drug-likeness (QED) is 0.340. The summed E-state index contributed by atoms with van der Waals surface area (Å²) < 4.78 is 6.54. The van der Waals surface area contributed by atoms with Crippen molar-refractivity contribution in [2.24, 2.45) is 0 Å². The van der Waals surface area contributed by atoms with Gasteiger partial charge in [-0.2, -0.15) is 0 Å². The first-order valence-corrected chi connectivity index (χ1v) is 14.2. The minimum atomic E-state index is -1.99. The number of carbonyl (C=O) groups is 1. The maximum absolute atomic E-state index is 13.4. The lowest BCUT2D eigenvalue weighted by molar-refractivity contribution is 0.102. The molecule has 2 aromatic carbocycles. The number of amides is 1. The van der Waals surface area contributed by atoms with Crippen LogP contribution in [0.15, 0.2) is 54.7 Å². The molecule has 0 aliphatic carbocycles. The molecule has 0 spiro atoms. The Hall–Kier alpha value is -2.94. The Kier molecular flexibility index (Phi) is 6.83. The molecule has 0 fully saturated rings. The zero-order valence-electron chi connectivity index (χ0n) is 21.0. The lowest BCUT2D eigenvalue weighted by atomic mass is 10.00. The molecule has 1 N–H and O–H groups in total. The lowest BCUT2D eigenvalue weighted by Crippen LogP contribution is -2.47. The van der Waals surface area contributed by atoms with Crippen LogP contribution < -0.4 is 5.32 Å². The number of anilines is 1. The number of aryl methyl sites for hydroxylation is 1. The van der Waals surface area contributed by atoms with Crippen molar-refractivity contribution >= 4 is 30.8 Å².